The number of hydrogen-bond acceptors (Lipinski definition) is 12. The molecule has 278 valence electrons. The molecule has 2 amide bonds. The van der Waals surface area contributed by atoms with E-state index in [4.69, 9.17) is 9.16 Å². The number of anilines is 1. The molecule has 2 aromatic rings. The van der Waals surface area contributed by atoms with Gasteiger partial charge in [-0.25, -0.2) is 9.78 Å². The van der Waals surface area contributed by atoms with Crippen LogP contribution in [0.25, 0.3) is 0 Å². The van der Waals surface area contributed by atoms with Gasteiger partial charge in [0.1, 0.15) is 18.0 Å². The summed E-state index contributed by atoms with van der Waals surface area (Å²) in [7, 11) is -1.98. The lowest BCUT2D eigenvalue weighted by Crippen LogP contribution is -2.63. The Hall–Kier alpha value is -3.31. The fourth-order valence-electron chi connectivity index (χ4n) is 6.12. The normalized spacial score (nSPS) is 22.0. The molecule has 4 heterocycles. The number of β-lactam (4-membered cyclic amide) rings is 1. The second-order valence-electron chi connectivity index (χ2n) is 15.5. The zero-order valence-electron chi connectivity index (χ0n) is 30.7. The number of aliphatic hydroxyl groups excluding tert-OH is 1. The minimum absolute atomic E-state index is 0.0663. The van der Waals surface area contributed by atoms with Crippen molar-refractivity contribution in [3.8, 4) is 0 Å². The van der Waals surface area contributed by atoms with Crippen LogP contribution in [0.4, 0.5) is 10.8 Å². The molecule has 2 N–H and O–H groups in total. The lowest BCUT2D eigenvalue weighted by molar-refractivity contribution is -0.384. The maximum atomic E-state index is 13.5. The van der Waals surface area contributed by atoms with Crippen LogP contribution in [0, 0.1) is 27.9 Å². The predicted octanol–water partition coefficient (Wildman–Crippen LogP) is 5.56. The van der Waals surface area contributed by atoms with E-state index in [2.05, 4.69) is 62.9 Å². The highest BCUT2D eigenvalue weighted by Gasteiger charge is 2.60. The first kappa shape index (κ1) is 38.9. The van der Waals surface area contributed by atoms with Crippen LogP contribution < -0.4 is 10.2 Å². The molecule has 3 aliphatic heterocycles. The number of carbonyl (C=O) groups is 3. The second kappa shape index (κ2) is 15.0. The fourth-order valence-corrected chi connectivity index (χ4v) is 9.49. The van der Waals surface area contributed by atoms with Crippen molar-refractivity contribution in [2.24, 2.45) is 17.8 Å². The number of thiazole rings is 1. The molecule has 51 heavy (non-hydrogen) atoms. The molecule has 16 heteroatoms. The van der Waals surface area contributed by atoms with Crippen LogP contribution in [0.5, 0.6) is 0 Å². The van der Waals surface area contributed by atoms with Crippen LogP contribution in [0.1, 0.15) is 64.5 Å². The summed E-state index contributed by atoms with van der Waals surface area (Å²) in [5, 5.41) is 27.2. The van der Waals surface area contributed by atoms with Gasteiger partial charge in [0.05, 0.1) is 35.6 Å². The van der Waals surface area contributed by atoms with Crippen LogP contribution in [-0.2, 0) is 25.4 Å². The van der Waals surface area contributed by atoms with Crippen LogP contribution >= 0.6 is 23.1 Å². The molecule has 13 nitrogen and oxygen atoms in total. The van der Waals surface area contributed by atoms with Gasteiger partial charge in [0, 0.05) is 46.7 Å². The third-order valence-electron chi connectivity index (χ3n) is 10.5. The summed E-state index contributed by atoms with van der Waals surface area (Å²) >= 11 is 2.94. The van der Waals surface area contributed by atoms with Crippen molar-refractivity contribution in [3.05, 3.63) is 61.6 Å². The van der Waals surface area contributed by atoms with Crippen molar-refractivity contribution < 1.29 is 33.6 Å². The van der Waals surface area contributed by atoms with Gasteiger partial charge in [0.15, 0.2) is 13.4 Å². The molecule has 0 aliphatic carbocycles. The number of benzene rings is 1. The van der Waals surface area contributed by atoms with Crippen LogP contribution in [0.15, 0.2) is 40.2 Å². The van der Waals surface area contributed by atoms with Gasteiger partial charge in [-0.1, -0.05) is 41.5 Å². The van der Waals surface area contributed by atoms with Crippen LogP contribution in [0.2, 0.25) is 18.1 Å². The number of amides is 2. The van der Waals surface area contributed by atoms with E-state index in [9.17, 15) is 29.6 Å². The Bertz CT molecular complexity index is 1680. The number of thioether (sulfide) groups is 1. The Morgan fingerprint density at radius 2 is 1.84 bits per heavy atom. The number of nitrogens with one attached hydrogen (secondary N) is 1. The summed E-state index contributed by atoms with van der Waals surface area (Å²) in [6.07, 6.45) is -0.862. The summed E-state index contributed by atoms with van der Waals surface area (Å²) in [4.78, 5) is 59.4. The fraction of sp³-hybridized carbons (Fsp3) is 0.600. The van der Waals surface area contributed by atoms with Crippen molar-refractivity contribution in [2.75, 3.05) is 24.6 Å². The maximum absolute atomic E-state index is 13.5. The number of esters is 1. The number of nitrogens with zero attached hydrogens (tertiary/aromatic N) is 4. The Kier molecular flexibility index (Phi) is 11.4. The topological polar surface area (TPSA) is 164 Å². The van der Waals surface area contributed by atoms with E-state index in [1.54, 1.807) is 12.3 Å². The summed E-state index contributed by atoms with van der Waals surface area (Å²) in [6.45, 7) is 20.3. The first-order valence-corrected chi connectivity index (χ1v) is 21.9. The van der Waals surface area contributed by atoms with E-state index in [-0.39, 0.29) is 64.0 Å². The Morgan fingerprint density at radius 1 is 1.20 bits per heavy atom. The molecule has 1 aromatic carbocycles. The number of non-ortho nitro benzene ring substituents is 1. The third kappa shape index (κ3) is 8.04. The minimum atomic E-state index is -1.98. The number of rotatable bonds is 14. The molecule has 0 radical (unpaired) electrons. The van der Waals surface area contributed by atoms with Crippen molar-refractivity contribution in [1.82, 2.24) is 15.2 Å². The van der Waals surface area contributed by atoms with E-state index < -0.39 is 31.2 Å². The number of aliphatic hydroxyl groups is 1. The average Bonchev–Trinajstić information content (AvgIpc) is 3.60. The Labute approximate surface area is 308 Å². The number of fused-ring (bicyclic) bond motifs is 1. The highest BCUT2D eigenvalue weighted by Crippen LogP contribution is 2.52. The van der Waals surface area contributed by atoms with E-state index in [0.717, 1.165) is 10.0 Å². The minimum Gasteiger partial charge on any atom is -0.456 e. The number of carbonyl (C=O) groups excluding carboxylic acids is 3. The molecule has 0 unspecified atom stereocenters. The highest BCUT2D eigenvalue weighted by molar-refractivity contribution is 8.03. The van der Waals surface area contributed by atoms with Gasteiger partial charge in [0.25, 0.3) is 11.6 Å². The van der Waals surface area contributed by atoms with Crippen molar-refractivity contribution in [3.63, 3.8) is 0 Å². The molecule has 3 aliphatic rings. The summed E-state index contributed by atoms with van der Waals surface area (Å²) in [5.41, 5.74) is 1.07. The SMILES string of the molecule is CC(C)[C@@H](CO[Si](C)(C)C(C)(C)C)NC(=O)c1csc(N2CC(SC3=C(C(=O)OCc4ccc([N+](=O)[O-])cc4)N4C(=O)[C@H]([C@@H](C)O)[C@H]4[C@H]3C)C2)n1. The smallest absolute Gasteiger partial charge is 0.356 e. The molecule has 2 fully saturated rings. The average molecular weight is 760 g/mol. The molecular formula is C35H49N5O8S2Si. The quantitative estimate of drug-likeness (QED) is 0.0815. The van der Waals surface area contributed by atoms with Crippen LogP contribution in [-0.4, -0.2) is 89.1 Å². The number of ether oxygens (including phenoxy) is 1. The summed E-state index contributed by atoms with van der Waals surface area (Å²) in [5.74, 6) is -1.81. The number of hydrogen-bond donors (Lipinski definition) is 2. The molecule has 1 aromatic heterocycles. The number of nitro groups is 1. The molecule has 5 atom stereocenters. The van der Waals surface area contributed by atoms with Gasteiger partial charge in [-0.3, -0.25) is 19.7 Å². The predicted molar refractivity (Wildman–Crippen MR) is 200 cm³/mol. The van der Waals surface area contributed by atoms with Gasteiger partial charge >= 0.3 is 5.97 Å². The lowest BCUT2D eigenvalue weighted by Gasteiger charge is -2.46. The third-order valence-corrected chi connectivity index (χ3v) is 17.4. The molecule has 0 spiro atoms. The van der Waals surface area contributed by atoms with Gasteiger partial charge in [-0.15, -0.1) is 23.1 Å². The van der Waals surface area contributed by atoms with E-state index in [0.29, 0.717) is 31.0 Å². The second-order valence-corrected chi connectivity index (χ2v) is 22.5. The van der Waals surface area contributed by atoms with E-state index >= 15 is 0 Å². The lowest BCUT2D eigenvalue weighted by atomic mass is 9.79. The molecule has 0 bridgehead atoms. The first-order valence-electron chi connectivity index (χ1n) is 17.3. The van der Waals surface area contributed by atoms with Crippen molar-refractivity contribution >= 4 is 60.0 Å². The summed E-state index contributed by atoms with van der Waals surface area (Å²) < 4.78 is 12.0. The van der Waals surface area contributed by atoms with Gasteiger partial charge < -0.3 is 29.4 Å². The zero-order chi connectivity index (χ0) is 37.6. The summed E-state index contributed by atoms with van der Waals surface area (Å²) in [6, 6.07) is 5.25. The Morgan fingerprint density at radius 3 is 2.41 bits per heavy atom. The number of aromatic nitrogens is 1. The van der Waals surface area contributed by atoms with Gasteiger partial charge in [0.2, 0.25) is 5.91 Å². The molecule has 5 rings (SSSR count). The monoisotopic (exact) mass is 759 g/mol. The largest absolute Gasteiger partial charge is 0.456 e. The highest BCUT2D eigenvalue weighted by atomic mass is 32.2. The van der Waals surface area contributed by atoms with Crippen LogP contribution in [0.3, 0.4) is 0 Å². The molecule has 2 saturated heterocycles. The first-order chi connectivity index (χ1) is 23.8. The van der Waals surface area contributed by atoms with Crippen molar-refractivity contribution in [1.29, 1.82) is 0 Å². The van der Waals surface area contributed by atoms with Crippen molar-refractivity contribution in [2.45, 2.75) is 96.6 Å². The standard InChI is InChI=1S/C35H49N5O8S2Si/c1-19(2)25(17-48-51(8,9)35(5,6)7)36-31(42)26-18-49-34(37-26)38-14-24(15-38)50-30-20(3)28-27(21(4)41)32(43)39(28)29(30)33(44)47-16-22-10-12-23(13-11-22)40(45)46/h10-13,18-21,24-25,27-28,41H,14-17H2,1-9H3,(H,36,42)/t20-,21-,25-,27-,28-/m1/s1. The molecule has 0 saturated carbocycles. The number of nitro benzene ring substituents is 1. The van der Waals surface area contributed by atoms with E-state index in [1.165, 1.54) is 52.3 Å². The Balaban J connectivity index is 1.22. The molecular weight excluding hydrogens is 711 g/mol. The van der Waals surface area contributed by atoms with Gasteiger partial charge in [-0.2, -0.15) is 0 Å². The van der Waals surface area contributed by atoms with E-state index in [1.807, 2.05) is 6.92 Å². The maximum Gasteiger partial charge on any atom is 0.356 e. The zero-order valence-corrected chi connectivity index (χ0v) is 33.3. The van der Waals surface area contributed by atoms with Gasteiger partial charge in [-0.05, 0) is 48.7 Å².